The molecule has 0 radical (unpaired) electrons. The molecule has 0 saturated carbocycles. The first-order valence-corrected chi connectivity index (χ1v) is 7.82. The van der Waals surface area contributed by atoms with E-state index in [0.717, 1.165) is 4.90 Å². The van der Waals surface area contributed by atoms with E-state index in [2.05, 4.69) is 10.9 Å². The number of hydrogen-bond donors (Lipinski definition) is 2. The highest BCUT2D eigenvalue weighted by Gasteiger charge is 2.40. The normalized spacial score (nSPS) is 16.7. The van der Waals surface area contributed by atoms with E-state index in [0.29, 0.717) is 11.3 Å². The Morgan fingerprint density at radius 3 is 2.50 bits per heavy atom. The number of methoxy groups -OCH3 is 1. The van der Waals surface area contributed by atoms with E-state index in [1.165, 1.54) is 31.4 Å². The molecule has 8 heteroatoms. The number of amides is 3. The zero-order valence-electron chi connectivity index (χ0n) is 13.9. The van der Waals surface area contributed by atoms with Gasteiger partial charge in [-0.3, -0.25) is 19.8 Å². The van der Waals surface area contributed by atoms with E-state index in [1.54, 1.807) is 24.3 Å². The minimum absolute atomic E-state index is 0.103. The molecule has 1 fully saturated rings. The quantitative estimate of drug-likeness (QED) is 0.624. The summed E-state index contributed by atoms with van der Waals surface area (Å²) in [6.45, 7) is 0. The number of rotatable bonds is 5. The Morgan fingerprint density at radius 1 is 1.15 bits per heavy atom. The lowest BCUT2D eigenvalue weighted by atomic mass is 10.2. The van der Waals surface area contributed by atoms with E-state index in [4.69, 9.17) is 4.74 Å². The molecule has 0 spiro atoms. The highest BCUT2D eigenvalue weighted by atomic mass is 19.1. The molecule has 2 aromatic carbocycles. The van der Waals surface area contributed by atoms with Crippen molar-refractivity contribution in [1.29, 1.82) is 0 Å². The number of ether oxygens (including phenoxy) is 1. The van der Waals surface area contributed by atoms with Crippen molar-refractivity contribution in [3.8, 4) is 5.75 Å². The number of imide groups is 1. The third-order valence-corrected chi connectivity index (χ3v) is 3.95. The molecular weight excluding hydrogens is 341 g/mol. The van der Waals surface area contributed by atoms with Gasteiger partial charge in [0.25, 0.3) is 11.8 Å². The maximum Gasteiger partial charge on any atom is 0.265 e. The second kappa shape index (κ2) is 7.32. The number of benzene rings is 2. The summed E-state index contributed by atoms with van der Waals surface area (Å²) in [4.78, 5) is 37.4. The molecule has 7 nitrogen and oxygen atoms in total. The lowest BCUT2D eigenvalue weighted by Gasteiger charge is -2.16. The Labute approximate surface area is 148 Å². The number of para-hydroxylation sites is 1. The standard InChI is InChI=1S/C18H16FN3O4/c1-26-12-8-6-11(7-9-12)17(24)21-20-14-10-16(23)22(18(14)25)15-5-3-2-4-13(15)19/h2-9,14,20H,10H2,1H3,(H,21,24)/t14-/m1/s1. The molecule has 3 rings (SSSR count). The number of hydrazine groups is 1. The molecule has 2 N–H and O–H groups in total. The fourth-order valence-corrected chi connectivity index (χ4v) is 2.60. The van der Waals surface area contributed by atoms with E-state index < -0.39 is 29.6 Å². The lowest BCUT2D eigenvalue weighted by Crippen LogP contribution is -2.48. The Bertz CT molecular complexity index is 854. The number of nitrogens with one attached hydrogen (secondary N) is 2. The van der Waals surface area contributed by atoms with Crippen LogP contribution in [-0.4, -0.2) is 30.9 Å². The lowest BCUT2D eigenvalue weighted by molar-refractivity contribution is -0.121. The summed E-state index contributed by atoms with van der Waals surface area (Å²) >= 11 is 0. The van der Waals surface area contributed by atoms with Gasteiger partial charge in [-0.05, 0) is 36.4 Å². The van der Waals surface area contributed by atoms with Crippen LogP contribution in [0.3, 0.4) is 0 Å². The molecular formula is C18H16FN3O4. The summed E-state index contributed by atoms with van der Waals surface area (Å²) < 4.78 is 18.9. The smallest absolute Gasteiger partial charge is 0.265 e. The summed E-state index contributed by atoms with van der Waals surface area (Å²) in [6, 6.07) is 10.9. The zero-order valence-corrected chi connectivity index (χ0v) is 13.9. The first-order valence-electron chi connectivity index (χ1n) is 7.82. The van der Waals surface area contributed by atoms with Crippen LogP contribution in [0.25, 0.3) is 0 Å². The van der Waals surface area contributed by atoms with Crippen LogP contribution in [-0.2, 0) is 9.59 Å². The number of hydrogen-bond acceptors (Lipinski definition) is 5. The van der Waals surface area contributed by atoms with Crippen LogP contribution in [0.15, 0.2) is 48.5 Å². The first kappa shape index (κ1) is 17.6. The number of anilines is 1. The highest BCUT2D eigenvalue weighted by molar-refractivity contribution is 6.22. The van der Waals surface area contributed by atoms with Gasteiger partial charge in [0.1, 0.15) is 17.6 Å². The van der Waals surface area contributed by atoms with Crippen LogP contribution in [0.2, 0.25) is 0 Å². The molecule has 2 aromatic rings. The molecule has 1 heterocycles. The number of carbonyl (C=O) groups is 3. The van der Waals surface area contributed by atoms with Crippen molar-refractivity contribution in [2.24, 2.45) is 0 Å². The first-order chi connectivity index (χ1) is 12.5. The predicted octanol–water partition coefficient (Wildman–Crippen LogP) is 1.40. The summed E-state index contributed by atoms with van der Waals surface area (Å²) in [7, 11) is 1.51. The summed E-state index contributed by atoms with van der Waals surface area (Å²) in [5.41, 5.74) is 5.18. The Balaban J connectivity index is 1.65. The third kappa shape index (κ3) is 3.40. The fraction of sp³-hybridized carbons (Fsp3) is 0.167. The average Bonchev–Trinajstić information content (AvgIpc) is 2.94. The minimum atomic E-state index is -0.968. The summed E-state index contributed by atoms with van der Waals surface area (Å²) in [5.74, 6) is -1.72. The van der Waals surface area contributed by atoms with Gasteiger partial charge in [0.15, 0.2) is 0 Å². The monoisotopic (exact) mass is 357 g/mol. The fourth-order valence-electron chi connectivity index (χ4n) is 2.60. The average molecular weight is 357 g/mol. The molecule has 0 aliphatic carbocycles. The summed E-state index contributed by atoms with van der Waals surface area (Å²) in [5, 5.41) is 0. The highest BCUT2D eigenvalue weighted by Crippen LogP contribution is 2.25. The van der Waals surface area contributed by atoms with Crippen LogP contribution < -0.4 is 20.5 Å². The van der Waals surface area contributed by atoms with Crippen molar-refractivity contribution < 1.29 is 23.5 Å². The largest absolute Gasteiger partial charge is 0.497 e. The third-order valence-electron chi connectivity index (χ3n) is 3.95. The number of halogens is 1. The van der Waals surface area contributed by atoms with Crippen molar-refractivity contribution in [2.75, 3.05) is 12.0 Å². The number of nitrogens with zero attached hydrogens (tertiary/aromatic N) is 1. The van der Waals surface area contributed by atoms with E-state index in [9.17, 15) is 18.8 Å². The topological polar surface area (TPSA) is 87.7 Å². The van der Waals surface area contributed by atoms with E-state index in [1.807, 2.05) is 0 Å². The van der Waals surface area contributed by atoms with Gasteiger partial charge in [-0.1, -0.05) is 12.1 Å². The van der Waals surface area contributed by atoms with E-state index >= 15 is 0 Å². The Hall–Kier alpha value is -3.26. The molecule has 1 saturated heterocycles. The van der Waals surface area contributed by atoms with Crippen LogP contribution in [0.5, 0.6) is 5.75 Å². The van der Waals surface area contributed by atoms with Gasteiger partial charge >= 0.3 is 0 Å². The van der Waals surface area contributed by atoms with Crippen LogP contribution >= 0.6 is 0 Å². The minimum Gasteiger partial charge on any atom is -0.497 e. The number of carbonyl (C=O) groups excluding carboxylic acids is 3. The maximum absolute atomic E-state index is 13.9. The molecule has 1 aliphatic rings. The van der Waals surface area contributed by atoms with Crippen LogP contribution in [0.1, 0.15) is 16.8 Å². The molecule has 0 unspecified atom stereocenters. The van der Waals surface area contributed by atoms with Gasteiger partial charge in [-0.25, -0.2) is 14.7 Å². The molecule has 0 bridgehead atoms. The Kier molecular flexibility index (Phi) is 4.94. The van der Waals surface area contributed by atoms with Gasteiger partial charge in [0.2, 0.25) is 5.91 Å². The SMILES string of the molecule is COc1ccc(C(=O)NN[C@@H]2CC(=O)N(c3ccccc3F)C2=O)cc1. The maximum atomic E-state index is 13.9. The van der Waals surface area contributed by atoms with Crippen molar-refractivity contribution in [1.82, 2.24) is 10.9 Å². The van der Waals surface area contributed by atoms with Crippen LogP contribution in [0, 0.1) is 5.82 Å². The summed E-state index contributed by atoms with van der Waals surface area (Å²) in [6.07, 6.45) is -0.184. The van der Waals surface area contributed by atoms with Crippen LogP contribution in [0.4, 0.5) is 10.1 Å². The second-order valence-corrected chi connectivity index (χ2v) is 5.60. The van der Waals surface area contributed by atoms with Crippen molar-refractivity contribution in [2.45, 2.75) is 12.5 Å². The molecule has 3 amide bonds. The second-order valence-electron chi connectivity index (χ2n) is 5.60. The van der Waals surface area contributed by atoms with Crippen molar-refractivity contribution in [3.63, 3.8) is 0 Å². The van der Waals surface area contributed by atoms with Gasteiger partial charge in [0.05, 0.1) is 19.2 Å². The van der Waals surface area contributed by atoms with Gasteiger partial charge in [0, 0.05) is 5.56 Å². The van der Waals surface area contributed by atoms with Crippen molar-refractivity contribution >= 4 is 23.4 Å². The Morgan fingerprint density at radius 2 is 1.85 bits per heavy atom. The zero-order chi connectivity index (χ0) is 18.7. The predicted molar refractivity (Wildman–Crippen MR) is 90.9 cm³/mol. The molecule has 0 aromatic heterocycles. The van der Waals surface area contributed by atoms with Gasteiger partial charge < -0.3 is 4.74 Å². The molecule has 1 atom stereocenters. The molecule has 26 heavy (non-hydrogen) atoms. The molecule has 1 aliphatic heterocycles. The van der Waals surface area contributed by atoms with Gasteiger partial charge in [-0.2, -0.15) is 0 Å². The van der Waals surface area contributed by atoms with E-state index in [-0.39, 0.29) is 12.1 Å². The van der Waals surface area contributed by atoms with Crippen molar-refractivity contribution in [3.05, 3.63) is 59.9 Å². The van der Waals surface area contributed by atoms with Gasteiger partial charge in [-0.15, -0.1) is 0 Å². The molecule has 134 valence electrons.